The summed E-state index contributed by atoms with van der Waals surface area (Å²) in [6.07, 6.45) is 0.0908. The van der Waals surface area contributed by atoms with Crippen LogP contribution in [0.1, 0.15) is 30.3 Å². The number of halogens is 4. The van der Waals surface area contributed by atoms with E-state index >= 15 is 0 Å². The van der Waals surface area contributed by atoms with Crippen LogP contribution in [-0.2, 0) is 9.59 Å². The van der Waals surface area contributed by atoms with Gasteiger partial charge in [0.15, 0.2) is 0 Å². The summed E-state index contributed by atoms with van der Waals surface area (Å²) in [6.45, 7) is 2.76. The number of carbonyl (C=O) groups is 2. The lowest BCUT2D eigenvalue weighted by Crippen LogP contribution is -2.35. The van der Waals surface area contributed by atoms with E-state index in [4.69, 9.17) is 9.90 Å². The van der Waals surface area contributed by atoms with Gasteiger partial charge in [-0.2, -0.15) is 13.2 Å². The van der Waals surface area contributed by atoms with Crippen LogP contribution >= 0.6 is 15.9 Å². The third-order valence-corrected chi connectivity index (χ3v) is 4.54. The number of carboxylic acids is 1. The van der Waals surface area contributed by atoms with Gasteiger partial charge in [-0.3, -0.25) is 14.2 Å². The van der Waals surface area contributed by atoms with Gasteiger partial charge in [-0.25, -0.2) is 9.78 Å². The molecule has 0 saturated carbocycles. The highest BCUT2D eigenvalue weighted by Gasteiger charge is 2.38. The van der Waals surface area contributed by atoms with Gasteiger partial charge in [-0.05, 0) is 29.3 Å². The van der Waals surface area contributed by atoms with Crippen LogP contribution in [0.2, 0.25) is 0 Å². The van der Waals surface area contributed by atoms with Gasteiger partial charge in [-0.1, -0.05) is 0 Å². The number of rotatable bonds is 1. The van der Waals surface area contributed by atoms with Crippen LogP contribution in [0.15, 0.2) is 17.0 Å². The van der Waals surface area contributed by atoms with Gasteiger partial charge in [0.25, 0.3) is 0 Å². The van der Waals surface area contributed by atoms with Gasteiger partial charge in [0, 0.05) is 38.3 Å². The van der Waals surface area contributed by atoms with E-state index < -0.39 is 12.1 Å². The second-order valence-electron chi connectivity index (χ2n) is 5.80. The minimum Gasteiger partial charge on any atom is -0.475 e. The molecule has 1 atom stereocenters. The lowest BCUT2D eigenvalue weighted by atomic mass is 9.96. The lowest BCUT2D eigenvalue weighted by Gasteiger charge is -2.27. The molecule has 1 unspecified atom stereocenters. The molecule has 0 aliphatic carbocycles. The first-order valence-electron chi connectivity index (χ1n) is 7.55. The third-order valence-electron chi connectivity index (χ3n) is 3.99. The first-order valence-corrected chi connectivity index (χ1v) is 8.34. The summed E-state index contributed by atoms with van der Waals surface area (Å²) in [6, 6.07) is 0. The van der Waals surface area contributed by atoms with Crippen LogP contribution in [0.5, 0.6) is 0 Å². The molecule has 142 valence electrons. The molecule has 1 fully saturated rings. The number of hydrogen-bond acceptors (Lipinski definition) is 4. The summed E-state index contributed by atoms with van der Waals surface area (Å²) < 4.78 is 34.6. The predicted molar refractivity (Wildman–Crippen MR) is 88.7 cm³/mol. The van der Waals surface area contributed by atoms with E-state index in [-0.39, 0.29) is 11.8 Å². The zero-order chi connectivity index (χ0) is 19.6. The topological polar surface area (TPSA) is 87.8 Å². The predicted octanol–water partition coefficient (Wildman–Crippen LogP) is 2.77. The maximum absolute atomic E-state index is 11.9. The van der Waals surface area contributed by atoms with Crippen molar-refractivity contribution < 1.29 is 27.9 Å². The quantitative estimate of drug-likeness (QED) is 0.742. The maximum Gasteiger partial charge on any atom is 0.490 e. The molecule has 1 aliphatic heterocycles. The van der Waals surface area contributed by atoms with Crippen molar-refractivity contribution in [3.8, 4) is 0 Å². The number of imidazole rings is 1. The minimum atomic E-state index is -5.08. The van der Waals surface area contributed by atoms with E-state index in [1.807, 2.05) is 20.2 Å². The van der Waals surface area contributed by atoms with Crippen molar-refractivity contribution in [2.24, 2.45) is 0 Å². The van der Waals surface area contributed by atoms with Crippen molar-refractivity contribution in [3.63, 3.8) is 0 Å². The summed E-state index contributed by atoms with van der Waals surface area (Å²) in [4.78, 5) is 31.4. The first kappa shape index (κ1) is 20.1. The summed E-state index contributed by atoms with van der Waals surface area (Å²) in [5.41, 5.74) is 1.93. The molecule has 2 aromatic rings. The number of likely N-dealkylation sites (tertiary alicyclic amines) is 1. The van der Waals surface area contributed by atoms with Gasteiger partial charge in [0.2, 0.25) is 5.91 Å². The molecular weight excluding hydrogens is 421 g/mol. The Labute approximate surface area is 155 Å². The number of amides is 1. The molecular formula is C15H16BrF3N4O3. The van der Waals surface area contributed by atoms with Crippen molar-refractivity contribution in [2.75, 3.05) is 13.6 Å². The van der Waals surface area contributed by atoms with Gasteiger partial charge in [0.1, 0.15) is 15.9 Å². The Kier molecular flexibility index (Phi) is 5.89. The van der Waals surface area contributed by atoms with Crippen LogP contribution in [0.3, 0.4) is 0 Å². The van der Waals surface area contributed by atoms with Gasteiger partial charge in [0.05, 0.1) is 5.69 Å². The number of aromatic nitrogens is 3. The standard InChI is InChI=1S/C13H15BrN4O.C2HF3O2/c1-8-11-12(14)16-13(18(11)6-4-15-8)9-3-5-17(2)10(19)7-9;3-2(4,5)1(6)7/h4,6,9H,3,5,7H2,1-2H3;(H,6,7). The number of aryl methyl sites for hydroxylation is 1. The summed E-state index contributed by atoms with van der Waals surface area (Å²) >= 11 is 3.49. The third kappa shape index (κ3) is 4.32. The number of hydrogen-bond donors (Lipinski definition) is 1. The fourth-order valence-electron chi connectivity index (χ4n) is 2.62. The fraction of sp³-hybridized carbons (Fsp3) is 0.467. The molecule has 0 radical (unpaired) electrons. The number of carboxylic acid groups (broad SMARTS) is 1. The Morgan fingerprint density at radius 2 is 2.04 bits per heavy atom. The number of nitrogens with zero attached hydrogens (tertiary/aromatic N) is 4. The van der Waals surface area contributed by atoms with Crippen molar-refractivity contribution in [2.45, 2.75) is 31.9 Å². The smallest absolute Gasteiger partial charge is 0.475 e. The Bertz CT molecular complexity index is 837. The number of piperidine rings is 1. The second kappa shape index (κ2) is 7.60. The highest BCUT2D eigenvalue weighted by molar-refractivity contribution is 9.10. The van der Waals surface area contributed by atoms with Crippen molar-refractivity contribution in [1.82, 2.24) is 19.3 Å². The van der Waals surface area contributed by atoms with Crippen LogP contribution in [-0.4, -0.2) is 56.0 Å². The van der Waals surface area contributed by atoms with Crippen LogP contribution in [0, 0.1) is 6.92 Å². The number of fused-ring (bicyclic) bond motifs is 1. The van der Waals surface area contributed by atoms with Gasteiger partial charge < -0.3 is 10.0 Å². The van der Waals surface area contributed by atoms with Crippen LogP contribution in [0.25, 0.3) is 5.52 Å². The Morgan fingerprint density at radius 1 is 1.42 bits per heavy atom. The molecule has 0 aromatic carbocycles. The zero-order valence-electron chi connectivity index (χ0n) is 13.9. The van der Waals surface area contributed by atoms with E-state index in [1.165, 1.54) is 0 Å². The van der Waals surface area contributed by atoms with E-state index in [0.717, 1.165) is 34.6 Å². The van der Waals surface area contributed by atoms with Crippen molar-refractivity contribution in [1.29, 1.82) is 0 Å². The molecule has 26 heavy (non-hydrogen) atoms. The van der Waals surface area contributed by atoms with E-state index in [0.29, 0.717) is 6.42 Å². The lowest BCUT2D eigenvalue weighted by molar-refractivity contribution is -0.192. The molecule has 1 amide bonds. The molecule has 3 heterocycles. The average Bonchev–Trinajstić information content (AvgIpc) is 2.88. The van der Waals surface area contributed by atoms with Crippen molar-refractivity contribution in [3.05, 3.63) is 28.5 Å². The van der Waals surface area contributed by atoms with Crippen molar-refractivity contribution >= 4 is 33.3 Å². The molecule has 11 heteroatoms. The molecule has 1 N–H and O–H groups in total. The summed E-state index contributed by atoms with van der Waals surface area (Å²) in [5.74, 6) is -1.43. The van der Waals surface area contributed by atoms with E-state index in [9.17, 15) is 18.0 Å². The highest BCUT2D eigenvalue weighted by Crippen LogP contribution is 2.31. The summed E-state index contributed by atoms with van der Waals surface area (Å²) in [7, 11) is 1.85. The Balaban J connectivity index is 0.000000298. The highest BCUT2D eigenvalue weighted by atomic mass is 79.9. The monoisotopic (exact) mass is 436 g/mol. The molecule has 7 nitrogen and oxygen atoms in total. The molecule has 1 aliphatic rings. The molecule has 2 aromatic heterocycles. The SMILES string of the molecule is Cc1nccn2c(C3CCN(C)C(=O)C3)nc(Br)c12.O=C(O)C(F)(F)F. The molecule has 0 spiro atoms. The minimum absolute atomic E-state index is 0.185. The maximum atomic E-state index is 11.9. The number of aliphatic carboxylic acids is 1. The second-order valence-corrected chi connectivity index (χ2v) is 6.55. The number of carbonyl (C=O) groups excluding carboxylic acids is 1. The Hall–Kier alpha value is -2.17. The zero-order valence-corrected chi connectivity index (χ0v) is 15.5. The molecule has 0 bridgehead atoms. The van der Waals surface area contributed by atoms with E-state index in [2.05, 4.69) is 30.3 Å². The summed E-state index contributed by atoms with van der Waals surface area (Å²) in [5, 5.41) is 7.12. The molecule has 3 rings (SSSR count). The van der Waals surface area contributed by atoms with Gasteiger partial charge >= 0.3 is 12.1 Å². The van der Waals surface area contributed by atoms with E-state index in [1.54, 1.807) is 11.1 Å². The first-order chi connectivity index (χ1) is 12.0. The Morgan fingerprint density at radius 3 is 2.58 bits per heavy atom. The van der Waals surface area contributed by atoms with Gasteiger partial charge in [-0.15, -0.1) is 0 Å². The number of alkyl halides is 3. The normalized spacial score (nSPS) is 17.8. The average molecular weight is 437 g/mol. The van der Waals surface area contributed by atoms with Crippen LogP contribution < -0.4 is 0 Å². The fourth-order valence-corrected chi connectivity index (χ4v) is 3.28. The molecule has 1 saturated heterocycles. The van der Waals surface area contributed by atoms with Crippen LogP contribution in [0.4, 0.5) is 13.2 Å². The largest absolute Gasteiger partial charge is 0.490 e.